The van der Waals surface area contributed by atoms with Crippen LogP contribution in [0.15, 0.2) is 54.6 Å². The van der Waals surface area contributed by atoms with Crippen molar-refractivity contribution in [1.82, 2.24) is 15.5 Å². The normalized spacial score (nSPS) is 13.9. The zero-order chi connectivity index (χ0) is 22.1. The summed E-state index contributed by atoms with van der Waals surface area (Å²) in [4.78, 5) is 38.8. The second-order valence-electron chi connectivity index (χ2n) is 7.23. The third kappa shape index (κ3) is 6.47. The highest BCUT2D eigenvalue weighted by Crippen LogP contribution is 2.17. The average molecular weight is 425 g/mol. The van der Waals surface area contributed by atoms with Crippen LogP contribution in [0.1, 0.15) is 30.1 Å². The highest BCUT2D eigenvalue weighted by molar-refractivity contribution is 5.98. The Balaban J connectivity index is 1.41. The van der Waals surface area contributed by atoms with E-state index in [1.807, 2.05) is 37.3 Å². The van der Waals surface area contributed by atoms with Gasteiger partial charge in [-0.15, -0.1) is 0 Å². The van der Waals surface area contributed by atoms with E-state index in [1.165, 1.54) is 0 Å². The molecule has 0 radical (unpaired) electrons. The molecule has 0 unspecified atom stereocenters. The Bertz CT molecular complexity index is 895. The van der Waals surface area contributed by atoms with E-state index in [0.717, 1.165) is 5.69 Å². The van der Waals surface area contributed by atoms with Crippen LogP contribution in [-0.2, 0) is 4.79 Å². The molecule has 1 fully saturated rings. The maximum absolute atomic E-state index is 12.5. The summed E-state index contributed by atoms with van der Waals surface area (Å²) >= 11 is 0. The van der Waals surface area contributed by atoms with Crippen LogP contribution in [0.4, 0.5) is 10.5 Å². The number of rotatable bonds is 7. The fourth-order valence-corrected chi connectivity index (χ4v) is 3.45. The number of carbonyl (C=O) groups excluding carboxylic acids is 3. The lowest BCUT2D eigenvalue weighted by Gasteiger charge is -2.32. The summed E-state index contributed by atoms with van der Waals surface area (Å²) in [7, 11) is 0. The molecule has 0 aliphatic carbocycles. The first-order chi connectivity index (χ1) is 15.1. The minimum atomic E-state index is -0.341. The summed E-state index contributed by atoms with van der Waals surface area (Å²) in [5, 5.41) is 8.42. The molecule has 1 saturated heterocycles. The van der Waals surface area contributed by atoms with Gasteiger partial charge in [-0.2, -0.15) is 0 Å². The van der Waals surface area contributed by atoms with Crippen molar-refractivity contribution in [2.75, 3.05) is 31.6 Å². The number of para-hydroxylation sites is 2. The minimum absolute atomic E-state index is 0.000392. The smallest absolute Gasteiger partial charge is 0.319 e. The summed E-state index contributed by atoms with van der Waals surface area (Å²) in [5.74, 6) is 0.0107. The van der Waals surface area contributed by atoms with Crippen molar-refractivity contribution in [2.24, 2.45) is 0 Å². The van der Waals surface area contributed by atoms with Gasteiger partial charge in [0.2, 0.25) is 5.91 Å². The van der Waals surface area contributed by atoms with Gasteiger partial charge in [0.1, 0.15) is 5.75 Å². The van der Waals surface area contributed by atoms with E-state index in [1.54, 1.807) is 29.2 Å². The molecule has 4 amide bonds. The van der Waals surface area contributed by atoms with Gasteiger partial charge in [-0.3, -0.25) is 9.59 Å². The number of hydrogen-bond acceptors (Lipinski definition) is 4. The Kier molecular flexibility index (Phi) is 7.86. The number of carbonyl (C=O) groups is 3. The zero-order valence-electron chi connectivity index (χ0n) is 17.6. The third-order valence-corrected chi connectivity index (χ3v) is 5.05. The molecule has 2 aromatic rings. The quantitative estimate of drug-likeness (QED) is 0.636. The van der Waals surface area contributed by atoms with Crippen LogP contribution < -0.4 is 20.7 Å². The molecule has 3 rings (SSSR count). The summed E-state index contributed by atoms with van der Waals surface area (Å²) in [6.45, 7) is 3.28. The topological polar surface area (TPSA) is 99.8 Å². The Morgan fingerprint density at radius 1 is 1.00 bits per heavy atom. The van der Waals surface area contributed by atoms with Gasteiger partial charge in [0.05, 0.1) is 18.7 Å². The van der Waals surface area contributed by atoms with Crippen LogP contribution in [0.25, 0.3) is 0 Å². The molecule has 0 saturated carbocycles. The van der Waals surface area contributed by atoms with Crippen molar-refractivity contribution >= 4 is 23.5 Å². The Hall–Kier alpha value is -3.55. The van der Waals surface area contributed by atoms with Crippen molar-refractivity contribution in [3.8, 4) is 5.75 Å². The molecule has 1 aliphatic rings. The summed E-state index contributed by atoms with van der Waals surface area (Å²) in [5.41, 5.74) is 1.14. The first-order valence-corrected chi connectivity index (χ1v) is 10.5. The molecule has 0 atom stereocenters. The zero-order valence-corrected chi connectivity index (χ0v) is 17.6. The van der Waals surface area contributed by atoms with Crippen molar-refractivity contribution in [1.29, 1.82) is 0 Å². The van der Waals surface area contributed by atoms with Crippen LogP contribution in [-0.4, -0.2) is 55.0 Å². The monoisotopic (exact) mass is 424 g/mol. The molecule has 0 spiro atoms. The van der Waals surface area contributed by atoms with Gasteiger partial charge in [-0.05, 0) is 44.0 Å². The van der Waals surface area contributed by atoms with Crippen molar-refractivity contribution in [3.63, 3.8) is 0 Å². The van der Waals surface area contributed by atoms with E-state index >= 15 is 0 Å². The van der Waals surface area contributed by atoms with Crippen LogP contribution in [0.5, 0.6) is 5.75 Å². The highest BCUT2D eigenvalue weighted by atomic mass is 16.5. The molecule has 1 heterocycles. The number of amides is 4. The standard InChI is InChI=1S/C23H28N4O4/c1-2-31-20-11-7-6-10-19(20)22(29)24-16-21(28)27-14-12-18(13-15-27)26-23(30)25-17-8-4-3-5-9-17/h3-11,18H,2,12-16H2,1H3,(H,24,29)(H2,25,26,30). The molecule has 31 heavy (non-hydrogen) atoms. The number of benzene rings is 2. The van der Waals surface area contributed by atoms with Crippen LogP contribution in [0.3, 0.4) is 0 Å². The fraction of sp³-hybridized carbons (Fsp3) is 0.348. The van der Waals surface area contributed by atoms with Gasteiger partial charge in [0.15, 0.2) is 0 Å². The van der Waals surface area contributed by atoms with Gasteiger partial charge in [0, 0.05) is 24.8 Å². The summed E-state index contributed by atoms with van der Waals surface area (Å²) in [6, 6.07) is 15.9. The largest absolute Gasteiger partial charge is 0.493 e. The number of nitrogens with zero attached hydrogens (tertiary/aromatic N) is 1. The predicted octanol–water partition coefficient (Wildman–Crippen LogP) is 2.63. The lowest BCUT2D eigenvalue weighted by Crippen LogP contribution is -2.49. The van der Waals surface area contributed by atoms with Crippen molar-refractivity contribution in [2.45, 2.75) is 25.8 Å². The number of likely N-dealkylation sites (tertiary alicyclic amines) is 1. The number of ether oxygens (including phenoxy) is 1. The molecule has 0 bridgehead atoms. The first kappa shape index (κ1) is 22.1. The van der Waals surface area contributed by atoms with Gasteiger partial charge >= 0.3 is 6.03 Å². The number of hydrogen-bond donors (Lipinski definition) is 3. The number of urea groups is 1. The maximum atomic E-state index is 12.5. The summed E-state index contributed by atoms with van der Waals surface area (Å²) < 4.78 is 5.47. The molecular formula is C23H28N4O4. The second-order valence-corrected chi connectivity index (χ2v) is 7.23. The molecule has 164 valence electrons. The number of anilines is 1. The SMILES string of the molecule is CCOc1ccccc1C(=O)NCC(=O)N1CCC(NC(=O)Nc2ccccc2)CC1. The molecule has 8 nitrogen and oxygen atoms in total. The Labute approximate surface area is 182 Å². The molecule has 8 heteroatoms. The van der Waals surface area contributed by atoms with E-state index in [0.29, 0.717) is 43.9 Å². The van der Waals surface area contributed by atoms with Crippen molar-refractivity contribution in [3.05, 3.63) is 60.2 Å². The molecule has 0 aromatic heterocycles. The Morgan fingerprint density at radius 2 is 1.68 bits per heavy atom. The van der Waals surface area contributed by atoms with Crippen LogP contribution in [0.2, 0.25) is 0 Å². The van der Waals surface area contributed by atoms with Crippen molar-refractivity contribution < 1.29 is 19.1 Å². The van der Waals surface area contributed by atoms with Gasteiger partial charge in [-0.25, -0.2) is 4.79 Å². The lowest BCUT2D eigenvalue weighted by atomic mass is 10.1. The van der Waals surface area contributed by atoms with E-state index < -0.39 is 0 Å². The summed E-state index contributed by atoms with van der Waals surface area (Å²) in [6.07, 6.45) is 1.32. The predicted molar refractivity (Wildman–Crippen MR) is 118 cm³/mol. The molecular weight excluding hydrogens is 396 g/mol. The van der Waals surface area contributed by atoms with E-state index in [2.05, 4.69) is 16.0 Å². The first-order valence-electron chi connectivity index (χ1n) is 10.5. The molecule has 1 aliphatic heterocycles. The average Bonchev–Trinajstić information content (AvgIpc) is 2.79. The Morgan fingerprint density at radius 3 is 2.39 bits per heavy atom. The highest BCUT2D eigenvalue weighted by Gasteiger charge is 2.24. The van der Waals surface area contributed by atoms with Gasteiger partial charge in [0.25, 0.3) is 5.91 Å². The van der Waals surface area contributed by atoms with E-state index in [-0.39, 0.29) is 30.4 Å². The molecule has 3 N–H and O–H groups in total. The number of piperidine rings is 1. The third-order valence-electron chi connectivity index (χ3n) is 5.05. The molecule has 2 aromatic carbocycles. The van der Waals surface area contributed by atoms with Crippen LogP contribution >= 0.6 is 0 Å². The fourth-order valence-electron chi connectivity index (χ4n) is 3.45. The second kappa shape index (κ2) is 11.0. The lowest BCUT2D eigenvalue weighted by molar-refractivity contribution is -0.131. The van der Waals surface area contributed by atoms with Gasteiger partial charge in [-0.1, -0.05) is 30.3 Å². The maximum Gasteiger partial charge on any atom is 0.319 e. The van der Waals surface area contributed by atoms with E-state index in [4.69, 9.17) is 4.74 Å². The van der Waals surface area contributed by atoms with Gasteiger partial charge < -0.3 is 25.6 Å². The van der Waals surface area contributed by atoms with E-state index in [9.17, 15) is 14.4 Å². The number of nitrogens with one attached hydrogen (secondary N) is 3. The minimum Gasteiger partial charge on any atom is -0.493 e. The van der Waals surface area contributed by atoms with Crippen LogP contribution in [0, 0.1) is 0 Å².